The molecule has 0 saturated heterocycles. The molecule has 1 aromatic carbocycles. The number of aliphatic hydroxyl groups is 1. The molecule has 0 spiro atoms. The van der Waals surface area contributed by atoms with E-state index in [4.69, 9.17) is 0 Å². The van der Waals surface area contributed by atoms with Gasteiger partial charge in [0.2, 0.25) is 0 Å². The van der Waals surface area contributed by atoms with Crippen LogP contribution in [-0.2, 0) is 0 Å². The number of hydrogen-bond acceptors (Lipinski definition) is 4. The second-order valence-corrected chi connectivity index (χ2v) is 7.20. The summed E-state index contributed by atoms with van der Waals surface area (Å²) in [6.07, 6.45) is 4.27. The Morgan fingerprint density at radius 3 is 3.10 bits per heavy atom. The number of H-pyrrole nitrogens is 1. The smallest absolute Gasteiger partial charge is 0.166 e. The Bertz CT molecular complexity index is 567. The molecule has 114 valence electrons. The first-order chi connectivity index (χ1) is 10.2. The Hall–Kier alpha value is -1.04. The lowest BCUT2D eigenvalue weighted by atomic mass is 9.99. The van der Waals surface area contributed by atoms with E-state index in [0.717, 1.165) is 48.4 Å². The van der Waals surface area contributed by atoms with E-state index in [0.29, 0.717) is 5.25 Å². The summed E-state index contributed by atoms with van der Waals surface area (Å²) in [6, 6.07) is 8.13. The second kappa shape index (κ2) is 6.38. The quantitative estimate of drug-likeness (QED) is 0.768. The molecule has 1 aromatic heterocycles. The number of aliphatic hydroxyl groups excluding tert-OH is 1. The maximum absolute atomic E-state index is 9.75. The van der Waals surface area contributed by atoms with Crippen LogP contribution >= 0.6 is 11.8 Å². The van der Waals surface area contributed by atoms with Crippen molar-refractivity contribution in [3.63, 3.8) is 0 Å². The Kier molecular flexibility index (Phi) is 4.52. The normalized spacial score (nSPS) is 25.7. The van der Waals surface area contributed by atoms with Crippen LogP contribution in [0.5, 0.6) is 0 Å². The molecule has 1 fully saturated rings. The molecule has 1 aliphatic carbocycles. The number of para-hydroxylation sites is 2. The van der Waals surface area contributed by atoms with Gasteiger partial charge in [-0.3, -0.25) is 0 Å². The van der Waals surface area contributed by atoms with E-state index in [1.165, 1.54) is 0 Å². The number of thioether (sulfide) groups is 1. The minimum atomic E-state index is -0.0836. The van der Waals surface area contributed by atoms with E-state index >= 15 is 0 Å². The van der Waals surface area contributed by atoms with Crippen molar-refractivity contribution in [2.45, 2.75) is 48.6 Å². The molecular weight excluding hydrogens is 282 g/mol. The van der Waals surface area contributed by atoms with Crippen molar-refractivity contribution in [3.8, 4) is 0 Å². The first-order valence-corrected chi connectivity index (χ1v) is 8.60. The number of nitrogens with zero attached hydrogens (tertiary/aromatic N) is 1. The van der Waals surface area contributed by atoms with Gasteiger partial charge in [0.25, 0.3) is 0 Å². The molecule has 0 amide bonds. The van der Waals surface area contributed by atoms with Gasteiger partial charge in [0.1, 0.15) is 0 Å². The van der Waals surface area contributed by atoms with Gasteiger partial charge in [0, 0.05) is 10.8 Å². The van der Waals surface area contributed by atoms with Gasteiger partial charge < -0.3 is 15.4 Å². The van der Waals surface area contributed by atoms with Crippen molar-refractivity contribution in [1.82, 2.24) is 15.3 Å². The fourth-order valence-electron chi connectivity index (χ4n) is 3.07. The third kappa shape index (κ3) is 3.25. The van der Waals surface area contributed by atoms with Gasteiger partial charge in [-0.15, -0.1) is 0 Å². The van der Waals surface area contributed by atoms with Gasteiger partial charge in [-0.25, -0.2) is 4.98 Å². The van der Waals surface area contributed by atoms with E-state index < -0.39 is 0 Å². The fourth-order valence-corrected chi connectivity index (χ4v) is 4.34. The number of aromatic nitrogens is 2. The van der Waals surface area contributed by atoms with Crippen molar-refractivity contribution in [2.75, 3.05) is 13.2 Å². The number of nitrogens with one attached hydrogen (secondary N) is 2. The molecule has 1 saturated carbocycles. The summed E-state index contributed by atoms with van der Waals surface area (Å²) < 4.78 is 0. The van der Waals surface area contributed by atoms with Crippen LogP contribution in [0, 0.1) is 0 Å². The topological polar surface area (TPSA) is 60.9 Å². The highest BCUT2D eigenvalue weighted by Crippen LogP contribution is 2.39. The van der Waals surface area contributed by atoms with Crippen LogP contribution in [0.4, 0.5) is 0 Å². The first-order valence-electron chi connectivity index (χ1n) is 7.72. The highest BCUT2D eigenvalue weighted by atomic mass is 32.2. The molecular formula is C16H23N3OS. The lowest BCUT2D eigenvalue weighted by Gasteiger charge is -2.28. The Balaban J connectivity index is 1.66. The van der Waals surface area contributed by atoms with Crippen molar-refractivity contribution in [1.29, 1.82) is 0 Å². The average molecular weight is 305 g/mol. The zero-order valence-electron chi connectivity index (χ0n) is 12.4. The molecule has 2 unspecified atom stereocenters. The van der Waals surface area contributed by atoms with Crippen molar-refractivity contribution >= 4 is 22.8 Å². The van der Waals surface area contributed by atoms with E-state index in [-0.39, 0.29) is 12.1 Å². The van der Waals surface area contributed by atoms with Gasteiger partial charge in [0.05, 0.1) is 17.6 Å². The summed E-state index contributed by atoms with van der Waals surface area (Å²) in [5.41, 5.74) is 2.03. The highest BCUT2D eigenvalue weighted by Gasteiger charge is 2.38. The molecule has 3 N–H and O–H groups in total. The van der Waals surface area contributed by atoms with Crippen LogP contribution in [0.15, 0.2) is 29.4 Å². The molecule has 1 heterocycles. The third-order valence-electron chi connectivity index (χ3n) is 4.26. The van der Waals surface area contributed by atoms with Crippen LogP contribution in [0.1, 0.15) is 32.6 Å². The highest BCUT2D eigenvalue weighted by molar-refractivity contribution is 7.99. The first kappa shape index (κ1) is 14.9. The zero-order valence-corrected chi connectivity index (χ0v) is 13.2. The van der Waals surface area contributed by atoms with Crippen molar-refractivity contribution < 1.29 is 5.11 Å². The number of aromatic amines is 1. The van der Waals surface area contributed by atoms with Gasteiger partial charge >= 0.3 is 0 Å². The standard InChI is InChI=1S/C16H23N3OS/c1-2-9-17-16(11-20)8-7-12(10-16)21-15-18-13-5-3-4-6-14(13)19-15/h3-6,12,17,20H,2,7-11H2,1H3,(H,18,19). The Labute approximate surface area is 129 Å². The fraction of sp³-hybridized carbons (Fsp3) is 0.562. The van der Waals surface area contributed by atoms with Gasteiger partial charge in [-0.2, -0.15) is 0 Å². The molecule has 0 aliphatic heterocycles. The summed E-state index contributed by atoms with van der Waals surface area (Å²) in [5, 5.41) is 14.8. The number of hydrogen-bond donors (Lipinski definition) is 3. The second-order valence-electron chi connectivity index (χ2n) is 5.91. The molecule has 3 rings (SSSR count). The zero-order chi connectivity index (χ0) is 14.7. The van der Waals surface area contributed by atoms with Crippen LogP contribution in [0.2, 0.25) is 0 Å². The molecule has 2 atom stereocenters. The average Bonchev–Trinajstić information content (AvgIpc) is 3.09. The van der Waals surface area contributed by atoms with E-state index in [9.17, 15) is 5.11 Å². The van der Waals surface area contributed by atoms with Crippen molar-refractivity contribution in [2.24, 2.45) is 0 Å². The third-order valence-corrected chi connectivity index (χ3v) is 5.41. The molecule has 0 bridgehead atoms. The number of benzene rings is 1. The predicted molar refractivity (Wildman–Crippen MR) is 87.7 cm³/mol. The Morgan fingerprint density at radius 2 is 2.33 bits per heavy atom. The molecule has 0 radical (unpaired) electrons. The number of imidazole rings is 1. The van der Waals surface area contributed by atoms with Crippen LogP contribution in [-0.4, -0.2) is 39.0 Å². The summed E-state index contributed by atoms with van der Waals surface area (Å²) in [5.74, 6) is 0. The van der Waals surface area contributed by atoms with Crippen LogP contribution in [0.3, 0.4) is 0 Å². The maximum Gasteiger partial charge on any atom is 0.166 e. The van der Waals surface area contributed by atoms with Gasteiger partial charge in [-0.05, 0) is 44.4 Å². The molecule has 5 heteroatoms. The maximum atomic E-state index is 9.75. The van der Waals surface area contributed by atoms with Gasteiger partial charge in [-0.1, -0.05) is 30.8 Å². The number of fused-ring (bicyclic) bond motifs is 1. The van der Waals surface area contributed by atoms with E-state index in [2.05, 4.69) is 28.3 Å². The molecule has 4 nitrogen and oxygen atoms in total. The summed E-state index contributed by atoms with van der Waals surface area (Å²) in [4.78, 5) is 8.02. The lowest BCUT2D eigenvalue weighted by Crippen LogP contribution is -2.46. The summed E-state index contributed by atoms with van der Waals surface area (Å²) in [6.45, 7) is 3.36. The monoisotopic (exact) mass is 305 g/mol. The van der Waals surface area contributed by atoms with E-state index in [1.54, 1.807) is 0 Å². The van der Waals surface area contributed by atoms with Gasteiger partial charge in [0.15, 0.2) is 5.16 Å². The number of rotatable bonds is 6. The lowest BCUT2D eigenvalue weighted by molar-refractivity contribution is 0.165. The van der Waals surface area contributed by atoms with E-state index in [1.807, 2.05) is 30.0 Å². The molecule has 21 heavy (non-hydrogen) atoms. The Morgan fingerprint density at radius 1 is 1.48 bits per heavy atom. The van der Waals surface area contributed by atoms with Crippen LogP contribution < -0.4 is 5.32 Å². The molecule has 1 aliphatic rings. The minimum absolute atomic E-state index is 0.0836. The predicted octanol–water partition coefficient (Wildman–Crippen LogP) is 2.94. The molecule has 2 aromatic rings. The van der Waals surface area contributed by atoms with Crippen molar-refractivity contribution in [3.05, 3.63) is 24.3 Å². The summed E-state index contributed by atoms with van der Waals surface area (Å²) >= 11 is 1.81. The largest absolute Gasteiger partial charge is 0.394 e. The van der Waals surface area contributed by atoms with Crippen LogP contribution in [0.25, 0.3) is 11.0 Å². The SMILES string of the molecule is CCCNC1(CO)CCC(Sc2nc3ccccc3[nH]2)C1. The summed E-state index contributed by atoms with van der Waals surface area (Å²) in [7, 11) is 0. The minimum Gasteiger partial charge on any atom is -0.394 e.